The summed E-state index contributed by atoms with van der Waals surface area (Å²) in [6, 6.07) is 13.4. The Bertz CT molecular complexity index is 913. The molecule has 1 heterocycles. The number of aryl methyl sites for hydroxylation is 1. The number of rotatable bonds is 5. The maximum Gasteiger partial charge on any atom is 0.405 e. The number of hydrogen-bond acceptors (Lipinski definition) is 3. The number of ether oxygens (including phenoxy) is 1. The number of piperidine rings is 1. The zero-order valence-electron chi connectivity index (χ0n) is 16.7. The van der Waals surface area contributed by atoms with E-state index in [0.29, 0.717) is 17.0 Å². The second-order valence-corrected chi connectivity index (χ2v) is 7.26. The maximum absolute atomic E-state index is 12.9. The molecule has 0 spiro atoms. The molecule has 30 heavy (non-hydrogen) atoms. The molecule has 1 aliphatic rings. The number of para-hydroxylation sites is 1. The Hall–Kier alpha value is -3.03. The molecule has 5 nitrogen and oxygen atoms in total. The van der Waals surface area contributed by atoms with E-state index in [1.54, 1.807) is 36.4 Å². The molecule has 2 amide bonds. The highest BCUT2D eigenvalue weighted by atomic mass is 19.4. The van der Waals surface area contributed by atoms with E-state index < -0.39 is 30.6 Å². The minimum absolute atomic E-state index is 0.0592. The molecule has 2 aromatic rings. The number of halogens is 3. The third kappa shape index (κ3) is 4.75. The lowest BCUT2D eigenvalue weighted by atomic mass is 9.82. The summed E-state index contributed by atoms with van der Waals surface area (Å²) in [5.41, 5.74) is 2.15. The lowest BCUT2D eigenvalue weighted by Gasteiger charge is -2.41. The standard InChI is InChI=1S/C22H23F3N2O3/c1-14-7-9-15(10-8-14)27-19(28)12-11-17(21(29)26-13-22(23,24)25)20(27)16-5-3-4-6-18(16)30-2/h3-10,17,20H,11-13H2,1-2H3,(H,26,29). The highest BCUT2D eigenvalue weighted by Crippen LogP contribution is 2.43. The Morgan fingerprint density at radius 1 is 1.17 bits per heavy atom. The minimum Gasteiger partial charge on any atom is -0.496 e. The van der Waals surface area contributed by atoms with Crippen LogP contribution in [0.1, 0.15) is 30.0 Å². The second kappa shape index (κ2) is 8.77. The SMILES string of the molecule is COc1ccccc1C1C(C(=O)NCC(F)(F)F)CCC(=O)N1c1ccc(C)cc1. The van der Waals surface area contributed by atoms with Crippen molar-refractivity contribution >= 4 is 17.5 Å². The van der Waals surface area contributed by atoms with E-state index in [4.69, 9.17) is 4.74 Å². The van der Waals surface area contributed by atoms with E-state index in [1.165, 1.54) is 12.0 Å². The van der Waals surface area contributed by atoms with Gasteiger partial charge in [0.15, 0.2) is 0 Å². The number of carbonyl (C=O) groups excluding carboxylic acids is 2. The quantitative estimate of drug-likeness (QED) is 0.790. The second-order valence-electron chi connectivity index (χ2n) is 7.26. The monoisotopic (exact) mass is 420 g/mol. The van der Waals surface area contributed by atoms with Gasteiger partial charge >= 0.3 is 6.18 Å². The molecule has 3 rings (SSSR count). The van der Waals surface area contributed by atoms with E-state index in [-0.39, 0.29) is 18.7 Å². The molecule has 160 valence electrons. The summed E-state index contributed by atoms with van der Waals surface area (Å²) >= 11 is 0. The van der Waals surface area contributed by atoms with Gasteiger partial charge in [0.05, 0.1) is 19.1 Å². The molecule has 1 aliphatic heterocycles. The number of benzene rings is 2. The van der Waals surface area contributed by atoms with E-state index >= 15 is 0 Å². The van der Waals surface area contributed by atoms with E-state index in [1.807, 2.05) is 24.4 Å². The first kappa shape index (κ1) is 21.7. The fraction of sp³-hybridized carbons (Fsp3) is 0.364. The van der Waals surface area contributed by atoms with Crippen LogP contribution in [0.2, 0.25) is 0 Å². The van der Waals surface area contributed by atoms with E-state index in [0.717, 1.165) is 5.56 Å². The first-order valence-electron chi connectivity index (χ1n) is 9.57. The number of anilines is 1. The van der Waals surface area contributed by atoms with Crippen molar-refractivity contribution in [3.63, 3.8) is 0 Å². The molecular formula is C22H23F3N2O3. The van der Waals surface area contributed by atoms with Crippen LogP contribution in [-0.2, 0) is 9.59 Å². The molecule has 1 fully saturated rings. The summed E-state index contributed by atoms with van der Waals surface area (Å²) in [5.74, 6) is -1.34. The number of hydrogen-bond donors (Lipinski definition) is 1. The minimum atomic E-state index is -4.52. The number of carbonyl (C=O) groups is 2. The molecule has 2 atom stereocenters. The van der Waals surface area contributed by atoms with Crippen LogP contribution in [0.15, 0.2) is 48.5 Å². The van der Waals surface area contributed by atoms with Crippen molar-refractivity contribution in [1.29, 1.82) is 0 Å². The van der Waals surface area contributed by atoms with Crippen LogP contribution in [0.5, 0.6) is 5.75 Å². The third-order valence-electron chi connectivity index (χ3n) is 5.17. The summed E-state index contributed by atoms with van der Waals surface area (Å²) in [4.78, 5) is 27.2. The molecular weight excluding hydrogens is 397 g/mol. The molecule has 8 heteroatoms. The fourth-order valence-electron chi connectivity index (χ4n) is 3.76. The first-order valence-corrected chi connectivity index (χ1v) is 9.57. The molecule has 1 N–H and O–H groups in total. The van der Waals surface area contributed by atoms with Gasteiger partial charge in [-0.05, 0) is 31.5 Å². The van der Waals surface area contributed by atoms with Crippen LogP contribution in [-0.4, -0.2) is 31.6 Å². The van der Waals surface area contributed by atoms with Gasteiger partial charge in [-0.2, -0.15) is 13.2 Å². The van der Waals surface area contributed by atoms with Gasteiger partial charge in [0.2, 0.25) is 11.8 Å². The predicted octanol–water partition coefficient (Wildman–Crippen LogP) is 4.17. The average molecular weight is 420 g/mol. The van der Waals surface area contributed by atoms with Gasteiger partial charge in [0.1, 0.15) is 12.3 Å². The normalized spacial score (nSPS) is 19.5. The van der Waals surface area contributed by atoms with Crippen LogP contribution in [0.3, 0.4) is 0 Å². The highest BCUT2D eigenvalue weighted by Gasteiger charge is 2.43. The Labute approximate surface area is 172 Å². The number of alkyl halides is 3. The van der Waals surface area contributed by atoms with Gasteiger partial charge in [-0.1, -0.05) is 35.9 Å². The Morgan fingerprint density at radius 3 is 2.47 bits per heavy atom. The summed E-state index contributed by atoms with van der Waals surface area (Å²) in [7, 11) is 1.47. The molecule has 0 aromatic heterocycles. The smallest absolute Gasteiger partial charge is 0.405 e. The maximum atomic E-state index is 12.9. The molecule has 0 radical (unpaired) electrons. The van der Waals surface area contributed by atoms with Crippen molar-refractivity contribution in [1.82, 2.24) is 5.32 Å². The first-order chi connectivity index (χ1) is 14.2. The number of amides is 2. The zero-order valence-corrected chi connectivity index (χ0v) is 16.7. The Balaban J connectivity index is 2.06. The van der Waals surface area contributed by atoms with E-state index in [9.17, 15) is 22.8 Å². The Kier molecular flexibility index (Phi) is 6.34. The van der Waals surface area contributed by atoms with Crippen molar-refractivity contribution in [3.05, 3.63) is 59.7 Å². The lowest BCUT2D eigenvalue weighted by molar-refractivity contribution is -0.142. The Morgan fingerprint density at radius 2 is 1.83 bits per heavy atom. The van der Waals surface area contributed by atoms with Gasteiger partial charge in [-0.25, -0.2) is 0 Å². The lowest BCUT2D eigenvalue weighted by Crippen LogP contribution is -2.49. The van der Waals surface area contributed by atoms with Gasteiger partial charge in [0.25, 0.3) is 0 Å². The van der Waals surface area contributed by atoms with Crippen molar-refractivity contribution < 1.29 is 27.5 Å². The molecule has 0 saturated carbocycles. The molecule has 2 unspecified atom stereocenters. The van der Waals surface area contributed by atoms with Gasteiger partial charge in [-0.3, -0.25) is 9.59 Å². The van der Waals surface area contributed by atoms with Crippen LogP contribution < -0.4 is 15.0 Å². The van der Waals surface area contributed by atoms with Crippen molar-refractivity contribution in [2.75, 3.05) is 18.6 Å². The van der Waals surface area contributed by atoms with Crippen molar-refractivity contribution in [2.24, 2.45) is 5.92 Å². The van der Waals surface area contributed by atoms with Crippen molar-refractivity contribution in [3.8, 4) is 5.75 Å². The highest BCUT2D eigenvalue weighted by molar-refractivity contribution is 5.97. The average Bonchev–Trinajstić information content (AvgIpc) is 2.72. The summed E-state index contributed by atoms with van der Waals surface area (Å²) < 4.78 is 43.4. The summed E-state index contributed by atoms with van der Waals surface area (Å²) in [6.07, 6.45) is -4.31. The molecule has 0 bridgehead atoms. The summed E-state index contributed by atoms with van der Waals surface area (Å²) in [6.45, 7) is 0.492. The van der Waals surface area contributed by atoms with Gasteiger partial charge in [-0.15, -0.1) is 0 Å². The number of nitrogens with zero attached hydrogens (tertiary/aromatic N) is 1. The van der Waals surface area contributed by atoms with E-state index in [2.05, 4.69) is 0 Å². The van der Waals surface area contributed by atoms with Crippen molar-refractivity contribution in [2.45, 2.75) is 32.0 Å². The van der Waals surface area contributed by atoms with Crippen LogP contribution in [0, 0.1) is 12.8 Å². The van der Waals surface area contributed by atoms with Gasteiger partial charge in [0, 0.05) is 17.7 Å². The largest absolute Gasteiger partial charge is 0.496 e. The van der Waals surface area contributed by atoms with Gasteiger partial charge < -0.3 is 15.0 Å². The predicted molar refractivity (Wildman–Crippen MR) is 106 cm³/mol. The number of methoxy groups -OCH3 is 1. The molecule has 0 aliphatic carbocycles. The zero-order chi connectivity index (χ0) is 21.9. The van der Waals surface area contributed by atoms with Crippen LogP contribution in [0.25, 0.3) is 0 Å². The third-order valence-corrected chi connectivity index (χ3v) is 5.17. The van der Waals surface area contributed by atoms with Crippen LogP contribution in [0.4, 0.5) is 18.9 Å². The molecule has 1 saturated heterocycles. The number of nitrogens with one attached hydrogen (secondary N) is 1. The molecule has 2 aromatic carbocycles. The summed E-state index contributed by atoms with van der Waals surface area (Å²) in [5, 5.41) is 1.98. The fourth-order valence-corrected chi connectivity index (χ4v) is 3.76. The van der Waals surface area contributed by atoms with Crippen LogP contribution >= 0.6 is 0 Å². The topological polar surface area (TPSA) is 58.6 Å².